The van der Waals surface area contributed by atoms with Gasteiger partial charge < -0.3 is 10.6 Å². The second-order valence-corrected chi connectivity index (χ2v) is 8.59. The van der Waals surface area contributed by atoms with E-state index in [9.17, 15) is 14.4 Å². The van der Waals surface area contributed by atoms with Gasteiger partial charge in [-0.3, -0.25) is 9.59 Å². The molecule has 2 aliphatic carbocycles. The summed E-state index contributed by atoms with van der Waals surface area (Å²) in [5.41, 5.74) is 2.23. The molecule has 0 bridgehead atoms. The van der Waals surface area contributed by atoms with Crippen LogP contribution in [-0.2, 0) is 28.0 Å². The zero-order valence-corrected chi connectivity index (χ0v) is 16.7. The first-order chi connectivity index (χ1) is 13.4. The second kappa shape index (κ2) is 7.22. The number of amides is 4. The number of hydrogen-bond donors (Lipinski definition) is 2. The second-order valence-electron chi connectivity index (χ2n) is 8.59. The van der Waals surface area contributed by atoms with Gasteiger partial charge >= 0.3 is 6.03 Å². The molecule has 2 fully saturated rings. The summed E-state index contributed by atoms with van der Waals surface area (Å²) in [4.78, 5) is 39.7. The highest BCUT2D eigenvalue weighted by Gasteiger charge is 2.52. The number of benzene rings is 1. The van der Waals surface area contributed by atoms with E-state index in [0.717, 1.165) is 55.4 Å². The van der Waals surface area contributed by atoms with Crippen molar-refractivity contribution in [2.24, 2.45) is 0 Å². The van der Waals surface area contributed by atoms with Gasteiger partial charge in [0.05, 0.1) is 0 Å². The summed E-state index contributed by atoms with van der Waals surface area (Å²) in [7, 11) is 0. The van der Waals surface area contributed by atoms with Gasteiger partial charge in [-0.25, -0.2) is 9.69 Å². The maximum atomic E-state index is 13.2. The third-order valence-corrected chi connectivity index (χ3v) is 6.62. The summed E-state index contributed by atoms with van der Waals surface area (Å²) in [5, 5.41) is 5.86. The fraction of sp³-hybridized carbons (Fsp3) is 0.591. The summed E-state index contributed by atoms with van der Waals surface area (Å²) in [6.45, 7) is 3.36. The largest absolute Gasteiger partial charge is 0.352 e. The number of fused-ring (bicyclic) bond motifs is 1. The number of nitrogens with zero attached hydrogens (tertiary/aromatic N) is 1. The summed E-state index contributed by atoms with van der Waals surface area (Å²) in [6.07, 6.45) is 8.55. The summed E-state index contributed by atoms with van der Waals surface area (Å²) in [5.74, 6) is -0.615. The molecule has 1 heterocycles. The normalized spacial score (nSPS) is 26.1. The molecule has 1 saturated carbocycles. The Hall–Kier alpha value is -2.37. The van der Waals surface area contributed by atoms with Crippen LogP contribution in [0.1, 0.15) is 69.1 Å². The van der Waals surface area contributed by atoms with Crippen LogP contribution in [0.4, 0.5) is 4.79 Å². The number of rotatable bonds is 4. The minimum absolute atomic E-state index is 0.146. The Kier molecular flexibility index (Phi) is 4.89. The van der Waals surface area contributed by atoms with Crippen molar-refractivity contribution in [3.8, 4) is 0 Å². The number of aryl methyl sites for hydroxylation is 2. The van der Waals surface area contributed by atoms with Crippen LogP contribution in [-0.4, -0.2) is 34.8 Å². The van der Waals surface area contributed by atoms with Gasteiger partial charge in [-0.1, -0.05) is 37.5 Å². The van der Waals surface area contributed by atoms with Crippen molar-refractivity contribution in [3.05, 3.63) is 34.9 Å². The van der Waals surface area contributed by atoms with Crippen LogP contribution < -0.4 is 10.6 Å². The molecule has 3 aliphatic rings. The smallest absolute Gasteiger partial charge is 0.326 e. The van der Waals surface area contributed by atoms with Gasteiger partial charge in [0, 0.05) is 6.04 Å². The van der Waals surface area contributed by atoms with E-state index in [1.54, 1.807) is 13.8 Å². The first-order valence-electron chi connectivity index (χ1n) is 10.5. The molecule has 0 unspecified atom stereocenters. The average Bonchev–Trinajstić information content (AvgIpc) is 3.24. The Morgan fingerprint density at radius 1 is 1.14 bits per heavy atom. The zero-order chi connectivity index (χ0) is 19.9. The zero-order valence-electron chi connectivity index (χ0n) is 16.7. The number of hydrogen-bond acceptors (Lipinski definition) is 3. The molecular weight excluding hydrogens is 354 g/mol. The molecule has 2 N–H and O–H groups in total. The molecule has 1 aromatic carbocycles. The van der Waals surface area contributed by atoms with Gasteiger partial charge in [-0.2, -0.15) is 0 Å². The van der Waals surface area contributed by atoms with Crippen molar-refractivity contribution >= 4 is 17.8 Å². The van der Waals surface area contributed by atoms with Crippen LogP contribution in [0, 0.1) is 0 Å². The summed E-state index contributed by atoms with van der Waals surface area (Å²) < 4.78 is 0. The first kappa shape index (κ1) is 19.0. The summed E-state index contributed by atoms with van der Waals surface area (Å²) in [6, 6.07) is 4.84. The average molecular weight is 383 g/mol. The van der Waals surface area contributed by atoms with Crippen LogP contribution in [0.25, 0.3) is 0 Å². The number of carbonyl (C=O) groups is 3. The standard InChI is InChI=1S/C22H29N3O3/c1-14(19(26)23-18-9-4-3-5-10-18)25-20(27)22(2,24-21(25)28)17-12-11-15-7-6-8-16(15)13-17/h11-14,18H,3-10H2,1-2H3,(H,23,26)(H,24,28)/t14-,22-/m1/s1. The van der Waals surface area contributed by atoms with Crippen molar-refractivity contribution < 1.29 is 14.4 Å². The highest BCUT2D eigenvalue weighted by Crippen LogP contribution is 2.33. The van der Waals surface area contributed by atoms with Crippen molar-refractivity contribution in [2.45, 2.75) is 82.8 Å². The van der Waals surface area contributed by atoms with E-state index < -0.39 is 17.6 Å². The lowest BCUT2D eigenvalue weighted by Crippen LogP contribution is -2.51. The van der Waals surface area contributed by atoms with E-state index in [2.05, 4.69) is 16.7 Å². The van der Waals surface area contributed by atoms with Crippen LogP contribution in [0.15, 0.2) is 18.2 Å². The Morgan fingerprint density at radius 2 is 1.86 bits per heavy atom. The van der Waals surface area contributed by atoms with Crippen LogP contribution >= 0.6 is 0 Å². The van der Waals surface area contributed by atoms with Crippen molar-refractivity contribution in [1.29, 1.82) is 0 Å². The molecule has 0 aromatic heterocycles. The van der Waals surface area contributed by atoms with E-state index >= 15 is 0 Å². The molecule has 0 spiro atoms. The van der Waals surface area contributed by atoms with E-state index in [-0.39, 0.29) is 17.9 Å². The first-order valence-corrected chi connectivity index (χ1v) is 10.5. The third kappa shape index (κ3) is 3.19. The van der Waals surface area contributed by atoms with E-state index in [0.29, 0.717) is 0 Å². The number of nitrogens with one attached hydrogen (secondary N) is 2. The SMILES string of the molecule is C[C@H](C(=O)NC1CCCCC1)N1C(=O)N[C@](C)(c2ccc3c(c2)CCC3)C1=O. The van der Waals surface area contributed by atoms with Crippen molar-refractivity contribution in [2.75, 3.05) is 0 Å². The predicted octanol–water partition coefficient (Wildman–Crippen LogP) is 2.78. The number of imide groups is 1. The minimum atomic E-state index is -1.13. The Labute approximate surface area is 166 Å². The molecule has 0 radical (unpaired) electrons. The van der Waals surface area contributed by atoms with Gasteiger partial charge in [-0.05, 0) is 62.6 Å². The maximum absolute atomic E-state index is 13.2. The van der Waals surface area contributed by atoms with Gasteiger partial charge in [0.1, 0.15) is 11.6 Å². The molecule has 4 rings (SSSR count). The Morgan fingerprint density at radius 3 is 2.61 bits per heavy atom. The van der Waals surface area contributed by atoms with Crippen LogP contribution in [0.5, 0.6) is 0 Å². The van der Waals surface area contributed by atoms with Crippen LogP contribution in [0.3, 0.4) is 0 Å². The van der Waals surface area contributed by atoms with Crippen molar-refractivity contribution in [3.63, 3.8) is 0 Å². The molecule has 28 heavy (non-hydrogen) atoms. The molecule has 4 amide bonds. The highest BCUT2D eigenvalue weighted by molar-refractivity contribution is 6.10. The van der Waals surface area contributed by atoms with Gasteiger partial charge in [0.2, 0.25) is 5.91 Å². The predicted molar refractivity (Wildman–Crippen MR) is 106 cm³/mol. The van der Waals surface area contributed by atoms with Gasteiger partial charge in [-0.15, -0.1) is 0 Å². The highest BCUT2D eigenvalue weighted by atomic mass is 16.2. The quantitative estimate of drug-likeness (QED) is 0.785. The molecular formula is C22H29N3O3. The third-order valence-electron chi connectivity index (χ3n) is 6.62. The fourth-order valence-corrected chi connectivity index (χ4v) is 4.78. The summed E-state index contributed by atoms with van der Waals surface area (Å²) >= 11 is 0. The molecule has 6 nitrogen and oxygen atoms in total. The van der Waals surface area contributed by atoms with Gasteiger partial charge in [0.25, 0.3) is 5.91 Å². The van der Waals surface area contributed by atoms with Crippen molar-refractivity contribution in [1.82, 2.24) is 15.5 Å². The van der Waals surface area contributed by atoms with E-state index in [1.165, 1.54) is 17.5 Å². The lowest BCUT2D eigenvalue weighted by atomic mass is 9.89. The van der Waals surface area contributed by atoms with E-state index in [4.69, 9.17) is 0 Å². The molecule has 2 atom stereocenters. The maximum Gasteiger partial charge on any atom is 0.326 e. The molecule has 6 heteroatoms. The molecule has 150 valence electrons. The van der Waals surface area contributed by atoms with Crippen LogP contribution in [0.2, 0.25) is 0 Å². The lowest BCUT2D eigenvalue weighted by molar-refractivity contribution is -0.138. The molecule has 1 aliphatic heterocycles. The Bertz CT molecular complexity index is 815. The molecule has 1 aromatic rings. The minimum Gasteiger partial charge on any atom is -0.352 e. The number of carbonyl (C=O) groups excluding carboxylic acids is 3. The topological polar surface area (TPSA) is 78.5 Å². The lowest BCUT2D eigenvalue weighted by Gasteiger charge is -2.28. The van der Waals surface area contributed by atoms with Gasteiger partial charge in [0.15, 0.2) is 0 Å². The fourth-order valence-electron chi connectivity index (χ4n) is 4.78. The molecule has 1 saturated heterocycles. The Balaban J connectivity index is 1.52. The monoisotopic (exact) mass is 383 g/mol. The van der Waals surface area contributed by atoms with E-state index in [1.807, 2.05) is 12.1 Å². The number of urea groups is 1.